The summed E-state index contributed by atoms with van der Waals surface area (Å²) in [4.78, 5) is 29.4. The van der Waals surface area contributed by atoms with Crippen LogP contribution in [0.5, 0.6) is 11.8 Å². The molecule has 2 atom stereocenters. The fraction of sp³-hybridized carbons (Fsp3) is 0.525. The Hall–Kier alpha value is -4.22. The van der Waals surface area contributed by atoms with Crippen LogP contribution < -0.4 is 14.4 Å². The van der Waals surface area contributed by atoms with Crippen molar-refractivity contribution in [2.75, 3.05) is 59.1 Å². The van der Waals surface area contributed by atoms with Gasteiger partial charge in [0.25, 0.3) is 0 Å². The van der Waals surface area contributed by atoms with Crippen LogP contribution in [-0.4, -0.2) is 97.8 Å². The number of methoxy groups -OCH3 is 1. The number of fused-ring (bicyclic) bond motifs is 4. The summed E-state index contributed by atoms with van der Waals surface area (Å²) in [6, 6.07) is 13.9. The third-order valence-corrected chi connectivity index (χ3v) is 10.3. The predicted octanol–water partition coefficient (Wildman–Crippen LogP) is 7.44. The Kier molecular flexibility index (Phi) is 9.47. The van der Waals surface area contributed by atoms with Crippen molar-refractivity contribution >= 4 is 33.6 Å². The Morgan fingerprint density at radius 2 is 1.75 bits per heavy atom. The maximum absolute atomic E-state index is 17.5. The minimum absolute atomic E-state index is 0.0391. The summed E-state index contributed by atoms with van der Waals surface area (Å²) >= 11 is 0. The van der Waals surface area contributed by atoms with Gasteiger partial charge in [0.05, 0.1) is 18.7 Å². The average Bonchev–Trinajstić information content (AvgIpc) is 3.79. The van der Waals surface area contributed by atoms with E-state index in [2.05, 4.69) is 23.9 Å². The number of hydrogen-bond donors (Lipinski definition) is 0. The van der Waals surface area contributed by atoms with Gasteiger partial charge in [0, 0.05) is 43.1 Å². The monoisotopic (exact) mass is 699 g/mol. The molecule has 1 saturated carbocycles. The van der Waals surface area contributed by atoms with E-state index < -0.39 is 11.4 Å². The van der Waals surface area contributed by atoms with E-state index in [9.17, 15) is 4.79 Å². The molecule has 11 heteroatoms. The zero-order valence-corrected chi connectivity index (χ0v) is 30.9. The van der Waals surface area contributed by atoms with Gasteiger partial charge in [-0.3, -0.25) is 4.90 Å². The summed E-state index contributed by atoms with van der Waals surface area (Å²) < 4.78 is 40.7. The number of aryl methyl sites for hydroxylation is 1. The van der Waals surface area contributed by atoms with Crippen molar-refractivity contribution in [3.05, 3.63) is 53.8 Å². The zero-order chi connectivity index (χ0) is 36.1. The molecular formula is C40H50FN5O5. The normalized spacial score (nSPS) is 19.6. The standard InChI is InChI=1S/C40H50FN5O5/c1-8-25-18-32-35(34(41)33(25)31-19-29(50-24-48-7)17-26-11-9-10-12-30(26)31)42-37(49-23-40(15-16-40)22-44(5)6)43-36(32)45-20-27-13-14-28(21-45)46(27)38(47)51-39(2,3)4/h9-12,17-19,27-28H,8,13-16,20-24H2,1-7H3. The molecule has 3 aromatic carbocycles. The van der Waals surface area contributed by atoms with Gasteiger partial charge in [-0.15, -0.1) is 0 Å². The topological polar surface area (TPSA) is 89.5 Å². The lowest BCUT2D eigenvalue weighted by Crippen LogP contribution is -2.57. The van der Waals surface area contributed by atoms with Crippen molar-refractivity contribution < 1.29 is 28.1 Å². The van der Waals surface area contributed by atoms with E-state index in [0.29, 0.717) is 48.6 Å². The van der Waals surface area contributed by atoms with E-state index in [0.717, 1.165) is 54.1 Å². The van der Waals surface area contributed by atoms with Crippen LogP contribution >= 0.6 is 0 Å². The summed E-state index contributed by atoms with van der Waals surface area (Å²) in [7, 11) is 5.71. The first-order valence-electron chi connectivity index (χ1n) is 18.1. The van der Waals surface area contributed by atoms with Gasteiger partial charge in [0.15, 0.2) is 12.6 Å². The number of anilines is 1. The summed E-state index contributed by atoms with van der Waals surface area (Å²) in [6.45, 7) is 10.3. The van der Waals surface area contributed by atoms with Gasteiger partial charge in [0.2, 0.25) is 0 Å². The van der Waals surface area contributed by atoms with E-state index in [1.807, 2.05) is 75.1 Å². The van der Waals surface area contributed by atoms with Gasteiger partial charge < -0.3 is 28.7 Å². The highest BCUT2D eigenvalue weighted by molar-refractivity contribution is 6.02. The van der Waals surface area contributed by atoms with E-state index in [1.165, 1.54) is 0 Å². The Balaban J connectivity index is 1.34. The zero-order valence-electron chi connectivity index (χ0n) is 30.9. The maximum Gasteiger partial charge on any atom is 0.410 e. The Bertz CT molecular complexity index is 1930. The second kappa shape index (κ2) is 13.7. The number of amides is 1. The van der Waals surface area contributed by atoms with Crippen LogP contribution in [0.15, 0.2) is 42.5 Å². The van der Waals surface area contributed by atoms with Gasteiger partial charge in [-0.25, -0.2) is 9.18 Å². The van der Waals surface area contributed by atoms with Gasteiger partial charge >= 0.3 is 12.1 Å². The maximum atomic E-state index is 17.5. The molecule has 2 saturated heterocycles. The fourth-order valence-electron chi connectivity index (χ4n) is 7.92. The minimum Gasteiger partial charge on any atom is -0.468 e. The number of piperazine rings is 1. The van der Waals surface area contributed by atoms with Crippen molar-refractivity contribution in [1.29, 1.82) is 0 Å². The predicted molar refractivity (Wildman–Crippen MR) is 197 cm³/mol. The fourth-order valence-corrected chi connectivity index (χ4v) is 7.92. The molecule has 10 nitrogen and oxygen atoms in total. The first-order chi connectivity index (χ1) is 24.4. The van der Waals surface area contributed by atoms with E-state index in [-0.39, 0.29) is 41.9 Å². The molecular weight excluding hydrogens is 649 g/mol. The first-order valence-corrected chi connectivity index (χ1v) is 18.1. The van der Waals surface area contributed by atoms with Gasteiger partial charge in [-0.2, -0.15) is 9.97 Å². The number of carbonyl (C=O) groups is 1. The van der Waals surface area contributed by atoms with E-state index >= 15 is 4.39 Å². The number of benzene rings is 3. The third kappa shape index (κ3) is 7.15. The molecule has 2 bridgehead atoms. The second-order valence-corrected chi connectivity index (χ2v) is 15.8. The first kappa shape index (κ1) is 35.2. The Morgan fingerprint density at radius 1 is 1.02 bits per heavy atom. The van der Waals surface area contributed by atoms with Crippen molar-refractivity contribution in [3.8, 4) is 22.9 Å². The molecule has 0 radical (unpaired) electrons. The Morgan fingerprint density at radius 3 is 2.39 bits per heavy atom. The lowest BCUT2D eigenvalue weighted by atomic mass is 9.91. The molecule has 3 fully saturated rings. The van der Waals surface area contributed by atoms with Crippen molar-refractivity contribution in [2.45, 2.75) is 77.5 Å². The molecule has 7 rings (SSSR count). The number of ether oxygens (including phenoxy) is 4. The van der Waals surface area contributed by atoms with Crippen LogP contribution in [0, 0.1) is 11.2 Å². The highest BCUT2D eigenvalue weighted by atomic mass is 19.1. The lowest BCUT2D eigenvalue weighted by Gasteiger charge is -2.42. The Labute approximate surface area is 299 Å². The van der Waals surface area contributed by atoms with Crippen LogP contribution in [0.1, 0.15) is 58.9 Å². The average molecular weight is 700 g/mol. The van der Waals surface area contributed by atoms with Gasteiger partial charge in [-0.05, 0) is 107 Å². The SMILES string of the molecule is CCc1cc2c(N3CC4CCC(C3)N4C(=O)OC(C)(C)C)nc(OCC3(CN(C)C)CC3)nc2c(F)c1-c1cc(OCOC)cc2ccccc12. The largest absolute Gasteiger partial charge is 0.468 e. The molecule has 0 N–H and O–H groups in total. The highest BCUT2D eigenvalue weighted by Crippen LogP contribution is 2.47. The second-order valence-electron chi connectivity index (χ2n) is 15.8. The number of rotatable bonds is 11. The quantitative estimate of drug-likeness (QED) is 0.148. The molecule has 1 amide bonds. The van der Waals surface area contributed by atoms with Crippen LogP contribution in [0.25, 0.3) is 32.8 Å². The van der Waals surface area contributed by atoms with E-state index in [4.69, 9.17) is 28.9 Å². The highest BCUT2D eigenvalue weighted by Gasteiger charge is 2.46. The number of aromatic nitrogens is 2. The van der Waals surface area contributed by atoms with Crippen LogP contribution in [-0.2, 0) is 15.9 Å². The summed E-state index contributed by atoms with van der Waals surface area (Å²) in [6.07, 6.45) is 4.17. The number of halogens is 1. The molecule has 272 valence electrons. The third-order valence-electron chi connectivity index (χ3n) is 10.3. The number of hydrogen-bond acceptors (Lipinski definition) is 9. The summed E-state index contributed by atoms with van der Waals surface area (Å²) in [5, 5.41) is 2.48. The van der Waals surface area contributed by atoms with Crippen LogP contribution in [0.4, 0.5) is 15.0 Å². The number of nitrogens with zero attached hydrogens (tertiary/aromatic N) is 5. The number of carbonyl (C=O) groups excluding carboxylic acids is 1. The minimum atomic E-state index is -0.583. The molecule has 1 aromatic heterocycles. The molecule has 0 spiro atoms. The molecule has 4 aromatic rings. The molecule has 51 heavy (non-hydrogen) atoms. The summed E-state index contributed by atoms with van der Waals surface area (Å²) in [5.41, 5.74) is 1.73. The molecule has 2 aliphatic heterocycles. The smallest absolute Gasteiger partial charge is 0.410 e. The van der Waals surface area contributed by atoms with Crippen LogP contribution in [0.3, 0.4) is 0 Å². The van der Waals surface area contributed by atoms with Crippen LogP contribution in [0.2, 0.25) is 0 Å². The van der Waals surface area contributed by atoms with Gasteiger partial charge in [0.1, 0.15) is 22.7 Å². The molecule has 2 unspecified atom stereocenters. The molecule has 1 aliphatic carbocycles. The lowest BCUT2D eigenvalue weighted by molar-refractivity contribution is 0.0122. The molecule has 3 aliphatic rings. The van der Waals surface area contributed by atoms with Gasteiger partial charge in [-0.1, -0.05) is 31.2 Å². The van der Waals surface area contributed by atoms with Crippen molar-refractivity contribution in [1.82, 2.24) is 19.8 Å². The van der Waals surface area contributed by atoms with Crippen molar-refractivity contribution in [2.24, 2.45) is 5.41 Å². The molecule has 3 heterocycles. The van der Waals surface area contributed by atoms with Crippen molar-refractivity contribution in [3.63, 3.8) is 0 Å². The van der Waals surface area contributed by atoms with E-state index in [1.54, 1.807) is 7.11 Å². The summed E-state index contributed by atoms with van der Waals surface area (Å²) in [5.74, 6) is 0.806.